The van der Waals surface area contributed by atoms with E-state index in [1.807, 2.05) is 48.5 Å². The molecular formula is C19H16O3. The number of carbonyl (C=O) groups excluding carboxylic acids is 2. The highest BCUT2D eigenvalue weighted by Gasteiger charge is 2.27. The van der Waals surface area contributed by atoms with Gasteiger partial charge in [-0.25, -0.2) is 4.79 Å². The van der Waals surface area contributed by atoms with Gasteiger partial charge >= 0.3 is 5.97 Å². The quantitative estimate of drug-likeness (QED) is 0.635. The van der Waals surface area contributed by atoms with E-state index in [0.29, 0.717) is 18.4 Å². The fourth-order valence-corrected chi connectivity index (χ4v) is 2.61. The number of benzene rings is 2. The highest BCUT2D eigenvalue weighted by Crippen LogP contribution is 2.32. The van der Waals surface area contributed by atoms with Gasteiger partial charge in [-0.2, -0.15) is 0 Å². The Labute approximate surface area is 129 Å². The molecule has 22 heavy (non-hydrogen) atoms. The molecule has 0 amide bonds. The predicted molar refractivity (Wildman–Crippen MR) is 84.3 cm³/mol. The van der Waals surface area contributed by atoms with Gasteiger partial charge in [-0.1, -0.05) is 54.6 Å². The van der Waals surface area contributed by atoms with Crippen molar-refractivity contribution in [2.24, 2.45) is 0 Å². The van der Waals surface area contributed by atoms with Crippen LogP contribution in [0.25, 0.3) is 6.08 Å². The Bertz CT molecular complexity index is 716. The molecule has 0 bridgehead atoms. The van der Waals surface area contributed by atoms with Crippen LogP contribution in [0.5, 0.6) is 0 Å². The number of carbonyl (C=O) groups is 2. The van der Waals surface area contributed by atoms with E-state index in [0.717, 1.165) is 11.1 Å². The van der Waals surface area contributed by atoms with Crippen molar-refractivity contribution in [1.29, 1.82) is 0 Å². The van der Waals surface area contributed by atoms with E-state index >= 15 is 0 Å². The second-order valence-electron chi connectivity index (χ2n) is 5.22. The molecule has 0 fully saturated rings. The van der Waals surface area contributed by atoms with Crippen LogP contribution in [-0.2, 0) is 9.53 Å². The minimum absolute atomic E-state index is 0.114. The molecule has 0 unspecified atom stereocenters. The molecule has 0 saturated heterocycles. The van der Waals surface area contributed by atoms with E-state index in [-0.39, 0.29) is 11.9 Å². The summed E-state index contributed by atoms with van der Waals surface area (Å²) in [7, 11) is 0. The molecule has 3 rings (SSSR count). The first-order chi connectivity index (χ1) is 10.7. The zero-order valence-corrected chi connectivity index (χ0v) is 12.1. The van der Waals surface area contributed by atoms with Gasteiger partial charge in [0.2, 0.25) is 0 Å². The normalized spacial score (nSPS) is 17.3. The minimum Gasteiger partial charge on any atom is -0.454 e. The number of hydrogen-bond acceptors (Lipinski definition) is 3. The van der Waals surface area contributed by atoms with Gasteiger partial charge in [0.25, 0.3) is 0 Å². The number of hydrogen-bond donors (Lipinski definition) is 0. The molecule has 2 aromatic carbocycles. The van der Waals surface area contributed by atoms with E-state index in [9.17, 15) is 9.59 Å². The van der Waals surface area contributed by atoms with Gasteiger partial charge in [0.05, 0.1) is 0 Å². The summed E-state index contributed by atoms with van der Waals surface area (Å²) in [5.74, 6) is -0.277. The Morgan fingerprint density at radius 3 is 2.59 bits per heavy atom. The molecule has 1 aliphatic rings. The molecule has 110 valence electrons. The Morgan fingerprint density at radius 1 is 1.05 bits per heavy atom. The lowest BCUT2D eigenvalue weighted by Gasteiger charge is -2.24. The third-order valence-corrected chi connectivity index (χ3v) is 3.71. The lowest BCUT2D eigenvalue weighted by Crippen LogP contribution is -2.19. The van der Waals surface area contributed by atoms with Crippen LogP contribution in [0.1, 0.15) is 40.4 Å². The Morgan fingerprint density at radius 2 is 1.77 bits per heavy atom. The average molecular weight is 292 g/mol. The molecule has 0 spiro atoms. The highest BCUT2D eigenvalue weighted by molar-refractivity contribution is 5.99. The second-order valence-corrected chi connectivity index (χ2v) is 5.22. The molecule has 1 atom stereocenters. The zero-order chi connectivity index (χ0) is 15.4. The Balaban J connectivity index is 1.71. The summed E-state index contributed by atoms with van der Waals surface area (Å²) in [5.41, 5.74) is 2.41. The van der Waals surface area contributed by atoms with E-state index in [1.54, 1.807) is 12.1 Å². The van der Waals surface area contributed by atoms with Gasteiger partial charge < -0.3 is 4.74 Å². The summed E-state index contributed by atoms with van der Waals surface area (Å²) in [6.45, 7) is 0. The number of rotatable bonds is 3. The molecule has 1 aliphatic carbocycles. The first-order valence-electron chi connectivity index (χ1n) is 7.30. The molecule has 0 aliphatic heterocycles. The second kappa shape index (κ2) is 6.39. The van der Waals surface area contributed by atoms with Crippen LogP contribution in [0.3, 0.4) is 0 Å². The summed E-state index contributed by atoms with van der Waals surface area (Å²) in [4.78, 5) is 23.9. The van der Waals surface area contributed by atoms with Gasteiger partial charge in [-0.15, -0.1) is 0 Å². The van der Waals surface area contributed by atoms with E-state index < -0.39 is 5.97 Å². The lowest BCUT2D eigenvalue weighted by atomic mass is 9.88. The van der Waals surface area contributed by atoms with Crippen molar-refractivity contribution < 1.29 is 14.3 Å². The summed E-state index contributed by atoms with van der Waals surface area (Å²) < 4.78 is 5.51. The molecule has 0 radical (unpaired) electrons. The van der Waals surface area contributed by atoms with Gasteiger partial charge in [0.1, 0.15) is 6.10 Å². The van der Waals surface area contributed by atoms with E-state index in [4.69, 9.17) is 4.74 Å². The third-order valence-electron chi connectivity index (χ3n) is 3.71. The topological polar surface area (TPSA) is 43.4 Å². The summed E-state index contributed by atoms with van der Waals surface area (Å²) in [6, 6.07) is 16.9. The monoisotopic (exact) mass is 292 g/mol. The van der Waals surface area contributed by atoms with Crippen molar-refractivity contribution in [3.63, 3.8) is 0 Å². The van der Waals surface area contributed by atoms with Crippen molar-refractivity contribution in [3.05, 3.63) is 77.4 Å². The third kappa shape index (κ3) is 3.14. The number of ketones is 1. The van der Waals surface area contributed by atoms with Crippen molar-refractivity contribution in [3.8, 4) is 0 Å². The molecular weight excluding hydrogens is 276 g/mol. The predicted octanol–water partition coefficient (Wildman–Crippen LogP) is 3.96. The Hall–Kier alpha value is -2.68. The number of ether oxygens (including phenoxy) is 1. The van der Waals surface area contributed by atoms with Crippen LogP contribution in [-0.4, -0.2) is 11.8 Å². The van der Waals surface area contributed by atoms with Gasteiger partial charge in [0.15, 0.2) is 5.78 Å². The van der Waals surface area contributed by atoms with Crippen molar-refractivity contribution >= 4 is 17.8 Å². The number of fused-ring (bicyclic) bond motifs is 1. The van der Waals surface area contributed by atoms with Crippen LogP contribution < -0.4 is 0 Å². The van der Waals surface area contributed by atoms with Crippen molar-refractivity contribution in [2.45, 2.75) is 18.9 Å². The van der Waals surface area contributed by atoms with Crippen LogP contribution >= 0.6 is 0 Å². The highest BCUT2D eigenvalue weighted by atomic mass is 16.5. The van der Waals surface area contributed by atoms with Crippen molar-refractivity contribution in [2.75, 3.05) is 0 Å². The molecule has 2 aromatic rings. The lowest BCUT2D eigenvalue weighted by molar-refractivity contribution is -0.143. The number of Topliss-reactive ketones (excluding diaryl/α,β-unsaturated/α-hetero) is 1. The summed E-state index contributed by atoms with van der Waals surface area (Å²) >= 11 is 0. The molecule has 3 heteroatoms. The number of esters is 1. The fourth-order valence-electron chi connectivity index (χ4n) is 2.61. The largest absolute Gasteiger partial charge is 0.454 e. The molecule has 3 nitrogen and oxygen atoms in total. The maximum atomic E-state index is 12.0. The van der Waals surface area contributed by atoms with E-state index in [2.05, 4.69) is 0 Å². The van der Waals surface area contributed by atoms with Crippen LogP contribution in [0.4, 0.5) is 0 Å². The minimum atomic E-state index is -0.391. The molecule has 0 N–H and O–H groups in total. The smallest absolute Gasteiger partial charge is 0.331 e. The Kier molecular flexibility index (Phi) is 4.15. The first kappa shape index (κ1) is 14.3. The first-order valence-corrected chi connectivity index (χ1v) is 7.30. The summed E-state index contributed by atoms with van der Waals surface area (Å²) in [6.07, 6.45) is 3.76. The average Bonchev–Trinajstić information content (AvgIpc) is 2.57. The SMILES string of the molecule is O=C(/C=C/c1ccccc1)O[C@H]1CCC(=O)c2ccccc21. The van der Waals surface area contributed by atoms with Crippen molar-refractivity contribution in [1.82, 2.24) is 0 Å². The maximum absolute atomic E-state index is 12.0. The maximum Gasteiger partial charge on any atom is 0.331 e. The van der Waals surface area contributed by atoms with Gasteiger partial charge in [-0.3, -0.25) is 4.79 Å². The van der Waals surface area contributed by atoms with Crippen LogP contribution in [0, 0.1) is 0 Å². The molecule has 0 heterocycles. The molecule has 0 aromatic heterocycles. The fraction of sp³-hybridized carbons (Fsp3) is 0.158. The zero-order valence-electron chi connectivity index (χ0n) is 12.1. The van der Waals surface area contributed by atoms with Crippen LogP contribution in [0.15, 0.2) is 60.7 Å². The molecule has 0 saturated carbocycles. The van der Waals surface area contributed by atoms with Crippen LogP contribution in [0.2, 0.25) is 0 Å². The van der Waals surface area contributed by atoms with E-state index in [1.165, 1.54) is 6.08 Å². The summed E-state index contributed by atoms with van der Waals surface area (Å²) in [5, 5.41) is 0. The van der Waals surface area contributed by atoms with Gasteiger partial charge in [-0.05, 0) is 18.1 Å². The standard InChI is InChI=1S/C19H16O3/c20-17-11-12-18(16-9-5-4-8-15(16)17)22-19(21)13-10-14-6-2-1-3-7-14/h1-10,13,18H,11-12H2/b13-10+/t18-/m0/s1. The van der Waals surface area contributed by atoms with Gasteiger partial charge in [0, 0.05) is 23.6 Å².